The standard InChI is InChI=1S/C10H11N3O3/c1-6(14)9(11)7-3-2-4-12-10(7)13-5-8(15)16/h2-4,11H,5H2,1H3,(H,12,13)(H,15,16). The molecule has 0 aliphatic heterocycles. The van der Waals surface area contributed by atoms with Crippen LogP contribution in [0.4, 0.5) is 5.82 Å². The van der Waals surface area contributed by atoms with E-state index in [0.29, 0.717) is 5.56 Å². The number of nitrogens with zero attached hydrogens (tertiary/aromatic N) is 1. The SMILES string of the molecule is CC(=O)C(=N)c1cccnc1NCC(=O)O. The molecule has 0 bridgehead atoms. The normalized spacial score (nSPS) is 9.56. The van der Waals surface area contributed by atoms with E-state index in [1.807, 2.05) is 0 Å². The maximum Gasteiger partial charge on any atom is 0.322 e. The average molecular weight is 221 g/mol. The molecule has 16 heavy (non-hydrogen) atoms. The van der Waals surface area contributed by atoms with Crippen LogP contribution in [0, 0.1) is 5.41 Å². The van der Waals surface area contributed by atoms with E-state index in [1.54, 1.807) is 12.1 Å². The number of hydrogen-bond acceptors (Lipinski definition) is 5. The van der Waals surface area contributed by atoms with E-state index in [9.17, 15) is 9.59 Å². The summed E-state index contributed by atoms with van der Waals surface area (Å²) < 4.78 is 0. The van der Waals surface area contributed by atoms with Gasteiger partial charge in [0.1, 0.15) is 18.1 Å². The number of aromatic nitrogens is 1. The van der Waals surface area contributed by atoms with E-state index in [-0.39, 0.29) is 18.1 Å². The Morgan fingerprint density at radius 3 is 2.81 bits per heavy atom. The molecule has 0 radical (unpaired) electrons. The second kappa shape index (κ2) is 5.01. The zero-order chi connectivity index (χ0) is 12.1. The summed E-state index contributed by atoms with van der Waals surface area (Å²) in [5.41, 5.74) is 0.109. The summed E-state index contributed by atoms with van der Waals surface area (Å²) in [5, 5.41) is 18.6. The molecular weight excluding hydrogens is 210 g/mol. The van der Waals surface area contributed by atoms with Crippen LogP contribution in [0.2, 0.25) is 0 Å². The van der Waals surface area contributed by atoms with E-state index < -0.39 is 11.8 Å². The lowest BCUT2D eigenvalue weighted by atomic mass is 10.1. The molecule has 1 rings (SSSR count). The van der Waals surface area contributed by atoms with Crippen molar-refractivity contribution in [2.24, 2.45) is 0 Å². The number of aliphatic carboxylic acids is 1. The first-order chi connectivity index (χ1) is 7.52. The molecule has 6 nitrogen and oxygen atoms in total. The number of carboxylic acids is 1. The fraction of sp³-hybridized carbons (Fsp3) is 0.200. The Kier molecular flexibility index (Phi) is 3.71. The Hall–Kier alpha value is -2.24. The van der Waals surface area contributed by atoms with Crippen molar-refractivity contribution in [2.45, 2.75) is 6.92 Å². The minimum atomic E-state index is -1.04. The number of anilines is 1. The predicted octanol–water partition coefficient (Wildman–Crippen LogP) is 0.535. The molecule has 1 aromatic heterocycles. The Morgan fingerprint density at radius 1 is 1.56 bits per heavy atom. The summed E-state index contributed by atoms with van der Waals surface area (Å²) in [7, 11) is 0. The van der Waals surface area contributed by atoms with Gasteiger partial charge in [0.05, 0.1) is 0 Å². The van der Waals surface area contributed by atoms with Crippen LogP contribution in [-0.4, -0.2) is 34.1 Å². The number of carboxylic acid groups (broad SMARTS) is 1. The van der Waals surface area contributed by atoms with Gasteiger partial charge < -0.3 is 10.4 Å². The van der Waals surface area contributed by atoms with Gasteiger partial charge in [-0.05, 0) is 12.1 Å². The van der Waals surface area contributed by atoms with Gasteiger partial charge in [0, 0.05) is 18.7 Å². The minimum Gasteiger partial charge on any atom is -0.480 e. The number of Topliss-reactive ketones (excluding diaryl/α,β-unsaturated/α-hetero) is 1. The van der Waals surface area contributed by atoms with Gasteiger partial charge in [-0.1, -0.05) is 0 Å². The van der Waals surface area contributed by atoms with Gasteiger partial charge in [-0.3, -0.25) is 15.0 Å². The first-order valence-electron chi connectivity index (χ1n) is 4.53. The van der Waals surface area contributed by atoms with Crippen molar-refractivity contribution in [1.29, 1.82) is 5.41 Å². The van der Waals surface area contributed by atoms with Crippen molar-refractivity contribution in [3.63, 3.8) is 0 Å². The van der Waals surface area contributed by atoms with Crippen molar-refractivity contribution >= 4 is 23.3 Å². The third kappa shape index (κ3) is 2.88. The molecule has 3 N–H and O–H groups in total. The van der Waals surface area contributed by atoms with Crippen molar-refractivity contribution in [3.05, 3.63) is 23.9 Å². The molecule has 1 heterocycles. The van der Waals surface area contributed by atoms with Crippen LogP contribution < -0.4 is 5.32 Å². The maximum atomic E-state index is 11.0. The van der Waals surface area contributed by atoms with Crippen LogP contribution in [0.15, 0.2) is 18.3 Å². The van der Waals surface area contributed by atoms with Gasteiger partial charge in [0.25, 0.3) is 0 Å². The van der Waals surface area contributed by atoms with E-state index in [2.05, 4.69) is 10.3 Å². The molecule has 0 amide bonds. The third-order valence-electron chi connectivity index (χ3n) is 1.84. The van der Waals surface area contributed by atoms with Crippen LogP contribution >= 0.6 is 0 Å². The molecule has 0 saturated carbocycles. The number of carbonyl (C=O) groups excluding carboxylic acids is 1. The highest BCUT2D eigenvalue weighted by atomic mass is 16.4. The molecule has 0 aromatic carbocycles. The molecule has 0 saturated heterocycles. The van der Waals surface area contributed by atoms with E-state index in [4.69, 9.17) is 10.5 Å². The Morgan fingerprint density at radius 2 is 2.25 bits per heavy atom. The van der Waals surface area contributed by atoms with Crippen molar-refractivity contribution in [3.8, 4) is 0 Å². The molecule has 0 spiro atoms. The van der Waals surface area contributed by atoms with Crippen LogP contribution in [-0.2, 0) is 9.59 Å². The Balaban J connectivity index is 2.96. The summed E-state index contributed by atoms with van der Waals surface area (Å²) in [6.45, 7) is 0.964. The van der Waals surface area contributed by atoms with Gasteiger partial charge in [-0.15, -0.1) is 0 Å². The van der Waals surface area contributed by atoms with Crippen LogP contribution in [0.5, 0.6) is 0 Å². The highest BCUT2D eigenvalue weighted by molar-refractivity contribution is 6.45. The smallest absolute Gasteiger partial charge is 0.322 e. The Labute approximate surface area is 91.8 Å². The van der Waals surface area contributed by atoms with Gasteiger partial charge in [0.2, 0.25) is 0 Å². The number of pyridine rings is 1. The lowest BCUT2D eigenvalue weighted by Gasteiger charge is -2.08. The van der Waals surface area contributed by atoms with Crippen molar-refractivity contribution in [1.82, 2.24) is 4.98 Å². The maximum absolute atomic E-state index is 11.0. The number of nitrogens with one attached hydrogen (secondary N) is 2. The van der Waals surface area contributed by atoms with Gasteiger partial charge in [-0.25, -0.2) is 4.98 Å². The van der Waals surface area contributed by atoms with Crippen LogP contribution in [0.25, 0.3) is 0 Å². The summed E-state index contributed by atoms with van der Waals surface area (Å²) >= 11 is 0. The first kappa shape index (κ1) is 11.8. The number of hydrogen-bond donors (Lipinski definition) is 3. The number of ketones is 1. The number of rotatable bonds is 5. The topological polar surface area (TPSA) is 103 Å². The summed E-state index contributed by atoms with van der Waals surface area (Å²) in [5.74, 6) is -1.21. The summed E-state index contributed by atoms with van der Waals surface area (Å²) in [6.07, 6.45) is 1.46. The zero-order valence-corrected chi connectivity index (χ0v) is 8.65. The molecule has 0 unspecified atom stereocenters. The molecule has 0 aliphatic rings. The lowest BCUT2D eigenvalue weighted by Crippen LogP contribution is -2.18. The summed E-state index contributed by atoms with van der Waals surface area (Å²) in [6, 6.07) is 3.12. The summed E-state index contributed by atoms with van der Waals surface area (Å²) in [4.78, 5) is 25.3. The molecular formula is C10H11N3O3. The van der Waals surface area contributed by atoms with E-state index >= 15 is 0 Å². The van der Waals surface area contributed by atoms with Gasteiger partial charge in [-0.2, -0.15) is 0 Å². The molecule has 84 valence electrons. The molecule has 0 atom stereocenters. The largest absolute Gasteiger partial charge is 0.480 e. The molecule has 0 fully saturated rings. The number of carbonyl (C=O) groups is 2. The van der Waals surface area contributed by atoms with Crippen LogP contribution in [0.1, 0.15) is 12.5 Å². The second-order valence-corrected chi connectivity index (χ2v) is 3.08. The van der Waals surface area contributed by atoms with Crippen LogP contribution in [0.3, 0.4) is 0 Å². The Bertz CT molecular complexity index is 443. The van der Waals surface area contributed by atoms with E-state index in [0.717, 1.165) is 0 Å². The average Bonchev–Trinajstić information content (AvgIpc) is 2.25. The zero-order valence-electron chi connectivity index (χ0n) is 8.65. The third-order valence-corrected chi connectivity index (χ3v) is 1.84. The molecule has 0 aliphatic carbocycles. The minimum absolute atomic E-state index is 0.194. The van der Waals surface area contributed by atoms with Crippen molar-refractivity contribution < 1.29 is 14.7 Å². The first-order valence-corrected chi connectivity index (χ1v) is 4.53. The fourth-order valence-corrected chi connectivity index (χ4v) is 1.10. The van der Waals surface area contributed by atoms with E-state index in [1.165, 1.54) is 13.1 Å². The van der Waals surface area contributed by atoms with Gasteiger partial charge in [0.15, 0.2) is 5.78 Å². The quantitative estimate of drug-likeness (QED) is 0.629. The lowest BCUT2D eigenvalue weighted by molar-refractivity contribution is -0.134. The molecule has 6 heteroatoms. The molecule has 1 aromatic rings. The monoisotopic (exact) mass is 221 g/mol. The second-order valence-electron chi connectivity index (χ2n) is 3.08. The predicted molar refractivity (Wildman–Crippen MR) is 57.9 cm³/mol. The highest BCUT2D eigenvalue weighted by Crippen LogP contribution is 2.12. The van der Waals surface area contributed by atoms with Crippen molar-refractivity contribution in [2.75, 3.05) is 11.9 Å². The highest BCUT2D eigenvalue weighted by Gasteiger charge is 2.12. The van der Waals surface area contributed by atoms with Gasteiger partial charge >= 0.3 is 5.97 Å². The fourth-order valence-electron chi connectivity index (χ4n) is 1.10.